The van der Waals surface area contributed by atoms with Gasteiger partial charge in [0, 0.05) is 17.5 Å². The molecule has 4 rings (SSSR count). The number of pyridine rings is 1. The Balaban J connectivity index is 1.41. The summed E-state index contributed by atoms with van der Waals surface area (Å²) in [6, 6.07) is 18.1. The Hall–Kier alpha value is -3.37. The highest BCUT2D eigenvalue weighted by molar-refractivity contribution is 5.87. The van der Waals surface area contributed by atoms with Crippen LogP contribution in [0.25, 0.3) is 10.9 Å². The molecule has 0 spiro atoms. The van der Waals surface area contributed by atoms with E-state index in [-0.39, 0.29) is 5.56 Å². The lowest BCUT2D eigenvalue weighted by Crippen LogP contribution is -2.28. The predicted octanol–water partition coefficient (Wildman–Crippen LogP) is 7.41. The quantitative estimate of drug-likeness (QED) is 0.291. The van der Waals surface area contributed by atoms with Crippen LogP contribution in [0.5, 0.6) is 5.75 Å². The van der Waals surface area contributed by atoms with Gasteiger partial charge in [0.2, 0.25) is 5.56 Å². The van der Waals surface area contributed by atoms with Crippen molar-refractivity contribution in [1.29, 1.82) is 0 Å². The SMILES string of the molecule is CCC1=CCC(CC(C)NCCc2ccc(OCc3ccccc3)c3[nH]c(=O)ccc23)=C(C)C=C1CC. The van der Waals surface area contributed by atoms with Crippen molar-refractivity contribution in [2.24, 2.45) is 0 Å². The summed E-state index contributed by atoms with van der Waals surface area (Å²) in [6.07, 6.45) is 10.00. The average molecular weight is 497 g/mol. The van der Waals surface area contributed by atoms with Crippen LogP contribution in [0, 0.1) is 0 Å². The summed E-state index contributed by atoms with van der Waals surface area (Å²) < 4.78 is 6.09. The zero-order valence-corrected chi connectivity index (χ0v) is 22.7. The molecule has 0 saturated heterocycles. The molecule has 1 unspecified atom stereocenters. The second kappa shape index (κ2) is 12.7. The molecule has 4 heteroatoms. The Labute approximate surface area is 221 Å². The topological polar surface area (TPSA) is 54.1 Å². The van der Waals surface area contributed by atoms with Crippen LogP contribution >= 0.6 is 0 Å². The molecule has 1 aliphatic carbocycles. The van der Waals surface area contributed by atoms with E-state index in [1.54, 1.807) is 6.07 Å². The van der Waals surface area contributed by atoms with E-state index in [0.717, 1.165) is 55.1 Å². The van der Waals surface area contributed by atoms with Crippen molar-refractivity contribution in [2.75, 3.05) is 6.54 Å². The van der Waals surface area contributed by atoms with E-state index in [1.807, 2.05) is 42.5 Å². The molecule has 1 heterocycles. The molecular weight excluding hydrogens is 456 g/mol. The summed E-state index contributed by atoms with van der Waals surface area (Å²) in [7, 11) is 0. The van der Waals surface area contributed by atoms with Gasteiger partial charge in [-0.25, -0.2) is 0 Å². The minimum atomic E-state index is -0.117. The Morgan fingerprint density at radius 3 is 2.54 bits per heavy atom. The number of ether oxygens (including phenoxy) is 1. The number of hydrogen-bond acceptors (Lipinski definition) is 3. The molecule has 0 radical (unpaired) electrons. The van der Waals surface area contributed by atoms with Gasteiger partial charge in [0.25, 0.3) is 0 Å². The zero-order valence-electron chi connectivity index (χ0n) is 22.7. The molecule has 1 aromatic heterocycles. The summed E-state index contributed by atoms with van der Waals surface area (Å²) in [5, 5.41) is 4.77. The number of fused-ring (bicyclic) bond motifs is 1. The van der Waals surface area contributed by atoms with E-state index < -0.39 is 0 Å². The molecule has 2 N–H and O–H groups in total. The standard InChI is InChI=1S/C33H40N2O2/c1-5-26-12-13-29(23(3)20-27(26)6-2)21-24(4)34-19-18-28-14-16-31(33-30(28)15-17-32(36)35-33)37-22-25-10-8-7-9-11-25/h7-12,14-17,20,24,34H,5-6,13,18-19,21-22H2,1-4H3,(H,35,36). The van der Waals surface area contributed by atoms with Crippen molar-refractivity contribution in [1.82, 2.24) is 10.3 Å². The van der Waals surface area contributed by atoms with Crippen LogP contribution in [0.3, 0.4) is 0 Å². The minimum Gasteiger partial charge on any atom is -0.487 e. The lowest BCUT2D eigenvalue weighted by molar-refractivity contribution is 0.309. The molecule has 0 fully saturated rings. The molecule has 0 bridgehead atoms. The first kappa shape index (κ1) is 26.7. The number of nitrogens with one attached hydrogen (secondary N) is 2. The fourth-order valence-corrected chi connectivity index (χ4v) is 5.19. The Morgan fingerprint density at radius 1 is 1.00 bits per heavy atom. The Kier molecular flexibility index (Phi) is 9.19. The molecule has 2 aromatic carbocycles. The van der Waals surface area contributed by atoms with E-state index in [2.05, 4.69) is 56.2 Å². The molecule has 1 aliphatic rings. The fourth-order valence-electron chi connectivity index (χ4n) is 5.19. The van der Waals surface area contributed by atoms with E-state index in [4.69, 9.17) is 4.74 Å². The maximum Gasteiger partial charge on any atom is 0.248 e. The van der Waals surface area contributed by atoms with Crippen molar-refractivity contribution >= 4 is 10.9 Å². The summed E-state index contributed by atoms with van der Waals surface area (Å²) in [5.74, 6) is 0.705. The summed E-state index contributed by atoms with van der Waals surface area (Å²) in [5.41, 5.74) is 8.88. The smallest absolute Gasteiger partial charge is 0.248 e. The summed E-state index contributed by atoms with van der Waals surface area (Å²) in [4.78, 5) is 15.1. The van der Waals surface area contributed by atoms with Crippen molar-refractivity contribution in [3.8, 4) is 5.75 Å². The Bertz CT molecular complexity index is 1360. The maximum absolute atomic E-state index is 12.1. The van der Waals surface area contributed by atoms with Gasteiger partial charge >= 0.3 is 0 Å². The molecule has 4 nitrogen and oxygen atoms in total. The molecule has 1 atom stereocenters. The molecule has 0 saturated carbocycles. The van der Waals surface area contributed by atoms with Crippen molar-refractivity contribution in [3.05, 3.63) is 111 Å². The van der Waals surface area contributed by atoms with E-state index in [9.17, 15) is 4.79 Å². The number of hydrogen-bond donors (Lipinski definition) is 2. The number of rotatable bonds is 11. The van der Waals surface area contributed by atoms with Crippen molar-refractivity contribution in [2.45, 2.75) is 72.4 Å². The number of aromatic amines is 1. The van der Waals surface area contributed by atoms with Crippen LogP contribution in [0.1, 0.15) is 64.5 Å². The third-order valence-corrected chi connectivity index (χ3v) is 7.34. The van der Waals surface area contributed by atoms with Crippen LogP contribution < -0.4 is 15.6 Å². The monoisotopic (exact) mass is 496 g/mol. The van der Waals surface area contributed by atoms with Crippen LogP contribution in [0.2, 0.25) is 0 Å². The fraction of sp³-hybridized carbons (Fsp3) is 0.364. The van der Waals surface area contributed by atoms with Gasteiger partial charge in [-0.3, -0.25) is 4.79 Å². The highest BCUT2D eigenvalue weighted by Gasteiger charge is 2.13. The molecular formula is C33H40N2O2. The van der Waals surface area contributed by atoms with Crippen LogP contribution in [-0.4, -0.2) is 17.6 Å². The van der Waals surface area contributed by atoms with E-state index in [1.165, 1.54) is 27.9 Å². The number of benzene rings is 2. The Morgan fingerprint density at radius 2 is 1.78 bits per heavy atom. The summed E-state index contributed by atoms with van der Waals surface area (Å²) >= 11 is 0. The van der Waals surface area contributed by atoms with Gasteiger partial charge < -0.3 is 15.0 Å². The number of aromatic nitrogens is 1. The number of allylic oxidation sites excluding steroid dienone is 5. The first-order valence-corrected chi connectivity index (χ1v) is 13.6. The molecule has 3 aromatic rings. The van der Waals surface area contributed by atoms with Crippen LogP contribution in [0.4, 0.5) is 0 Å². The van der Waals surface area contributed by atoms with Gasteiger partial charge in [-0.1, -0.05) is 73.5 Å². The third kappa shape index (κ3) is 6.90. The van der Waals surface area contributed by atoms with Crippen molar-refractivity contribution in [3.63, 3.8) is 0 Å². The van der Waals surface area contributed by atoms with Crippen molar-refractivity contribution < 1.29 is 4.74 Å². The van der Waals surface area contributed by atoms with Gasteiger partial charge in [-0.05, 0) is 86.9 Å². The van der Waals surface area contributed by atoms with E-state index in [0.29, 0.717) is 18.4 Å². The molecule has 37 heavy (non-hydrogen) atoms. The molecule has 194 valence electrons. The zero-order chi connectivity index (χ0) is 26.2. The largest absolute Gasteiger partial charge is 0.487 e. The second-order valence-corrected chi connectivity index (χ2v) is 10.0. The van der Waals surface area contributed by atoms with Gasteiger partial charge in [0.15, 0.2) is 0 Å². The highest BCUT2D eigenvalue weighted by atomic mass is 16.5. The average Bonchev–Trinajstić information content (AvgIpc) is 3.06. The van der Waals surface area contributed by atoms with Gasteiger partial charge in [0.05, 0.1) is 5.52 Å². The summed E-state index contributed by atoms with van der Waals surface area (Å²) in [6.45, 7) is 10.4. The first-order valence-electron chi connectivity index (χ1n) is 13.6. The van der Waals surface area contributed by atoms with Gasteiger partial charge in [0.1, 0.15) is 12.4 Å². The lowest BCUT2D eigenvalue weighted by Gasteiger charge is -2.17. The second-order valence-electron chi connectivity index (χ2n) is 10.0. The lowest BCUT2D eigenvalue weighted by atomic mass is 9.99. The highest BCUT2D eigenvalue weighted by Crippen LogP contribution is 2.29. The number of H-pyrrole nitrogens is 1. The van der Waals surface area contributed by atoms with Crippen LogP contribution in [0.15, 0.2) is 93.8 Å². The first-order chi connectivity index (χ1) is 18.0. The third-order valence-electron chi connectivity index (χ3n) is 7.34. The van der Waals surface area contributed by atoms with Gasteiger partial charge in [-0.15, -0.1) is 0 Å². The maximum atomic E-state index is 12.1. The predicted molar refractivity (Wildman–Crippen MR) is 155 cm³/mol. The minimum absolute atomic E-state index is 0.117. The molecule has 0 aliphatic heterocycles. The molecule has 0 amide bonds. The van der Waals surface area contributed by atoms with E-state index >= 15 is 0 Å². The van der Waals surface area contributed by atoms with Gasteiger partial charge in [-0.2, -0.15) is 0 Å². The van der Waals surface area contributed by atoms with Crippen LogP contribution in [-0.2, 0) is 13.0 Å². The normalized spacial score (nSPS) is 14.8.